The Hall–Kier alpha value is -5.12. The fraction of sp³-hybridized carbons (Fsp3) is 0.314. The zero-order valence-corrected chi connectivity index (χ0v) is 25.8. The molecule has 1 aliphatic heterocycles. The highest BCUT2D eigenvalue weighted by molar-refractivity contribution is 6.01. The van der Waals surface area contributed by atoms with E-state index in [4.69, 9.17) is 18.5 Å². The van der Waals surface area contributed by atoms with Gasteiger partial charge in [-0.2, -0.15) is 4.98 Å². The van der Waals surface area contributed by atoms with E-state index in [1.165, 1.54) is 0 Å². The molecule has 2 aromatic heterocycles. The van der Waals surface area contributed by atoms with Crippen LogP contribution in [0.3, 0.4) is 0 Å². The van der Waals surface area contributed by atoms with Crippen LogP contribution in [0.25, 0.3) is 22.7 Å². The SMILES string of the molecule is CCNC(=O)c1noc(-c2cc(C(C)C)c(OCc3ccccc3)cc2OCc2ccccc2)c1-c1noc(N2CCCC2)n1. The average Bonchev–Trinajstić information content (AvgIpc) is 3.85. The molecule has 0 atom stereocenters. The minimum atomic E-state index is -0.395. The Balaban J connectivity index is 1.47. The number of aromatic nitrogens is 3. The van der Waals surface area contributed by atoms with Gasteiger partial charge in [-0.15, -0.1) is 0 Å². The van der Waals surface area contributed by atoms with Gasteiger partial charge in [0.15, 0.2) is 11.5 Å². The summed E-state index contributed by atoms with van der Waals surface area (Å²) in [4.78, 5) is 19.9. The highest BCUT2D eigenvalue weighted by Gasteiger charge is 2.31. The van der Waals surface area contributed by atoms with Gasteiger partial charge in [-0.25, -0.2) is 0 Å². The molecule has 0 saturated carbocycles. The molecule has 0 radical (unpaired) electrons. The maximum atomic E-state index is 13.2. The van der Waals surface area contributed by atoms with Crippen LogP contribution in [-0.4, -0.2) is 40.8 Å². The molecule has 232 valence electrons. The fourth-order valence-electron chi connectivity index (χ4n) is 5.36. The van der Waals surface area contributed by atoms with E-state index in [-0.39, 0.29) is 17.4 Å². The lowest BCUT2D eigenvalue weighted by Gasteiger charge is -2.19. The van der Waals surface area contributed by atoms with Crippen molar-refractivity contribution in [2.24, 2.45) is 0 Å². The Labute approximate surface area is 262 Å². The largest absolute Gasteiger partial charge is 0.488 e. The van der Waals surface area contributed by atoms with Crippen molar-refractivity contribution in [3.63, 3.8) is 0 Å². The Bertz CT molecular complexity index is 1730. The number of ether oxygens (including phenoxy) is 2. The van der Waals surface area contributed by atoms with E-state index in [0.717, 1.165) is 42.6 Å². The first-order valence-corrected chi connectivity index (χ1v) is 15.4. The van der Waals surface area contributed by atoms with Crippen molar-refractivity contribution in [3.05, 3.63) is 95.2 Å². The summed E-state index contributed by atoms with van der Waals surface area (Å²) in [6.07, 6.45) is 2.11. The Morgan fingerprint density at radius 3 is 2.16 bits per heavy atom. The molecule has 3 heterocycles. The summed E-state index contributed by atoms with van der Waals surface area (Å²) in [6, 6.07) is 24.2. The van der Waals surface area contributed by atoms with Gasteiger partial charge in [0.05, 0.1) is 5.56 Å². The number of anilines is 1. The third-order valence-electron chi connectivity index (χ3n) is 7.71. The summed E-state index contributed by atoms with van der Waals surface area (Å²) >= 11 is 0. The molecule has 0 bridgehead atoms. The number of carbonyl (C=O) groups is 1. The summed E-state index contributed by atoms with van der Waals surface area (Å²) in [6.45, 7) is 8.83. The molecule has 1 saturated heterocycles. The van der Waals surface area contributed by atoms with Crippen LogP contribution in [0.4, 0.5) is 6.01 Å². The molecular weight excluding hydrogens is 570 g/mol. The van der Waals surface area contributed by atoms with E-state index in [1.54, 1.807) is 0 Å². The molecule has 0 aliphatic carbocycles. The van der Waals surface area contributed by atoms with E-state index >= 15 is 0 Å². The van der Waals surface area contributed by atoms with E-state index in [0.29, 0.717) is 54.2 Å². The third-order valence-corrected chi connectivity index (χ3v) is 7.71. The molecule has 5 aromatic rings. The molecule has 1 N–H and O–H groups in total. The molecular formula is C35H37N5O5. The fourth-order valence-corrected chi connectivity index (χ4v) is 5.36. The summed E-state index contributed by atoms with van der Waals surface area (Å²) in [5.41, 5.74) is 4.01. The molecule has 45 heavy (non-hydrogen) atoms. The monoisotopic (exact) mass is 607 g/mol. The minimum absolute atomic E-state index is 0.0742. The third kappa shape index (κ3) is 6.69. The Kier molecular flexibility index (Phi) is 9.09. The second kappa shape index (κ2) is 13.7. The van der Waals surface area contributed by atoms with Gasteiger partial charge >= 0.3 is 6.01 Å². The number of rotatable bonds is 12. The predicted octanol–water partition coefficient (Wildman–Crippen LogP) is 7.02. The summed E-state index contributed by atoms with van der Waals surface area (Å²) in [7, 11) is 0. The van der Waals surface area contributed by atoms with Crippen LogP contribution in [-0.2, 0) is 13.2 Å². The van der Waals surface area contributed by atoms with Gasteiger partial charge in [-0.1, -0.05) is 84.8 Å². The second-order valence-corrected chi connectivity index (χ2v) is 11.3. The number of nitrogens with one attached hydrogen (secondary N) is 1. The van der Waals surface area contributed by atoms with Crippen molar-refractivity contribution in [2.75, 3.05) is 24.5 Å². The summed E-state index contributed by atoms with van der Waals surface area (Å²) < 4.78 is 24.5. The second-order valence-electron chi connectivity index (χ2n) is 11.3. The number of hydrogen-bond donors (Lipinski definition) is 1. The molecule has 1 amide bonds. The van der Waals surface area contributed by atoms with Gasteiger partial charge < -0.3 is 28.7 Å². The number of benzene rings is 3. The molecule has 1 fully saturated rings. The van der Waals surface area contributed by atoms with E-state index < -0.39 is 5.91 Å². The van der Waals surface area contributed by atoms with Crippen molar-refractivity contribution in [1.82, 2.24) is 20.6 Å². The predicted molar refractivity (Wildman–Crippen MR) is 170 cm³/mol. The summed E-state index contributed by atoms with van der Waals surface area (Å²) in [5, 5.41) is 11.3. The van der Waals surface area contributed by atoms with E-state index in [9.17, 15) is 4.79 Å². The topological polar surface area (TPSA) is 116 Å². The highest BCUT2D eigenvalue weighted by atomic mass is 16.5. The average molecular weight is 608 g/mol. The first kappa shape index (κ1) is 29.9. The first-order valence-electron chi connectivity index (χ1n) is 15.4. The minimum Gasteiger partial charge on any atom is -0.488 e. The zero-order valence-electron chi connectivity index (χ0n) is 25.8. The van der Waals surface area contributed by atoms with E-state index in [2.05, 4.69) is 34.5 Å². The van der Waals surface area contributed by atoms with Gasteiger partial charge in [0.1, 0.15) is 30.3 Å². The van der Waals surface area contributed by atoms with Gasteiger partial charge in [0, 0.05) is 25.7 Å². The van der Waals surface area contributed by atoms with Gasteiger partial charge in [-0.05, 0) is 48.4 Å². The maximum Gasteiger partial charge on any atom is 0.324 e. The van der Waals surface area contributed by atoms with Crippen molar-refractivity contribution >= 4 is 11.9 Å². The number of hydrogen-bond acceptors (Lipinski definition) is 9. The Morgan fingerprint density at radius 2 is 1.53 bits per heavy atom. The molecule has 6 rings (SSSR count). The van der Waals surface area contributed by atoms with Crippen LogP contribution in [0.1, 0.15) is 66.7 Å². The van der Waals surface area contributed by atoms with Crippen molar-refractivity contribution < 1.29 is 23.3 Å². The highest BCUT2D eigenvalue weighted by Crippen LogP contribution is 2.44. The van der Waals surface area contributed by atoms with E-state index in [1.807, 2.05) is 84.6 Å². The molecule has 3 aromatic carbocycles. The number of carbonyl (C=O) groups excluding carboxylic acids is 1. The van der Waals surface area contributed by atoms with Crippen molar-refractivity contribution in [2.45, 2.75) is 52.7 Å². The van der Waals surface area contributed by atoms with Crippen LogP contribution >= 0.6 is 0 Å². The number of nitrogens with zero attached hydrogens (tertiary/aromatic N) is 4. The zero-order chi connectivity index (χ0) is 31.2. The molecule has 10 nitrogen and oxygen atoms in total. The van der Waals surface area contributed by atoms with Crippen LogP contribution in [0.5, 0.6) is 11.5 Å². The molecule has 0 unspecified atom stereocenters. The first-order chi connectivity index (χ1) is 22.0. The smallest absolute Gasteiger partial charge is 0.324 e. The van der Waals surface area contributed by atoms with Crippen LogP contribution in [0, 0.1) is 0 Å². The van der Waals surface area contributed by atoms with Crippen molar-refractivity contribution in [1.29, 1.82) is 0 Å². The van der Waals surface area contributed by atoms with Crippen LogP contribution < -0.4 is 19.7 Å². The standard InChI is InChI=1S/C35H37N5O5/c1-4-36-34(41)31-30(33-37-35(45-39-33)40-17-11-12-18-40)32(44-38-31)27-19-26(23(2)3)28(42-21-24-13-7-5-8-14-24)20-29(27)43-22-25-15-9-6-10-16-25/h5-10,13-16,19-20,23H,4,11-12,17-18,21-22H2,1-3H3,(H,36,41). The lowest BCUT2D eigenvalue weighted by atomic mass is 9.96. The van der Waals surface area contributed by atoms with Crippen molar-refractivity contribution in [3.8, 4) is 34.2 Å². The normalized spacial score (nSPS) is 12.9. The maximum absolute atomic E-state index is 13.2. The van der Waals surface area contributed by atoms with Gasteiger partial charge in [0.2, 0.25) is 5.82 Å². The quantitative estimate of drug-likeness (QED) is 0.160. The molecule has 10 heteroatoms. The lowest BCUT2D eigenvalue weighted by Crippen LogP contribution is -2.23. The number of amides is 1. The Morgan fingerprint density at radius 1 is 0.889 bits per heavy atom. The molecule has 0 spiro atoms. The van der Waals surface area contributed by atoms with Gasteiger partial charge in [0.25, 0.3) is 5.91 Å². The van der Waals surface area contributed by atoms with Gasteiger partial charge in [-0.3, -0.25) is 4.79 Å². The van der Waals surface area contributed by atoms with Crippen LogP contribution in [0.2, 0.25) is 0 Å². The van der Waals surface area contributed by atoms with Crippen LogP contribution in [0.15, 0.2) is 81.8 Å². The molecule has 1 aliphatic rings. The summed E-state index contributed by atoms with van der Waals surface area (Å²) in [5.74, 6) is 1.44. The lowest BCUT2D eigenvalue weighted by molar-refractivity contribution is 0.0947.